The van der Waals surface area contributed by atoms with Crippen molar-refractivity contribution in [3.63, 3.8) is 0 Å². The van der Waals surface area contributed by atoms with Gasteiger partial charge in [-0.1, -0.05) is 203 Å². The predicted octanol–water partition coefficient (Wildman–Crippen LogP) is 19.9. The Kier molecular flexibility index (Phi) is 15.2. The van der Waals surface area contributed by atoms with Crippen LogP contribution in [0.4, 0.5) is 0 Å². The van der Waals surface area contributed by atoms with Crippen LogP contribution in [0.25, 0.3) is 79.8 Å². The molecular formula is C79H82N4O2. The van der Waals surface area contributed by atoms with Gasteiger partial charge in [-0.2, -0.15) is 0 Å². The van der Waals surface area contributed by atoms with Gasteiger partial charge in [0.25, 0.3) is 0 Å². The first-order valence-electron chi connectivity index (χ1n) is 29.8. The first-order valence-corrected chi connectivity index (χ1v) is 29.8. The maximum atomic E-state index is 11.4. The van der Waals surface area contributed by atoms with Crippen molar-refractivity contribution in [1.82, 2.24) is 19.9 Å². The lowest BCUT2D eigenvalue weighted by Crippen LogP contribution is -2.16. The Bertz CT molecular complexity index is 4180. The SMILES string of the molecule is CC(C)(C)c1cc(-c2c3nc(c(-c4cc(C(C)(C)C)cc(C(C)(C)C)c4)c4ccc([nH]4)c(-c4cc(C(C)(C)C)cc(C(C)(C)C)c4)c4nc(c(C#Cc5ccc(C#Cc6ccc(C(=O)O)cc6)cc5)c5ccc2[nH]5)C=C4)C=C3)cc(C(C)(C)C)c1. The molecule has 3 N–H and O–H groups in total. The lowest BCUT2D eigenvalue weighted by Gasteiger charge is -2.26. The van der Waals surface area contributed by atoms with Crippen LogP contribution >= 0.6 is 0 Å². The number of carboxylic acids is 1. The molecule has 10 rings (SSSR count). The second kappa shape index (κ2) is 21.7. The van der Waals surface area contributed by atoms with E-state index in [1.165, 1.54) is 33.4 Å². The first kappa shape index (κ1) is 59.4. The fourth-order valence-electron chi connectivity index (χ4n) is 10.8. The number of fused-ring (bicyclic) bond motifs is 8. The minimum absolute atomic E-state index is 0.122. The number of nitrogens with zero attached hydrogens (tertiary/aromatic N) is 2. The number of aromatic carboxylic acids is 1. The van der Waals surface area contributed by atoms with Crippen molar-refractivity contribution < 1.29 is 9.90 Å². The number of carbonyl (C=O) groups is 1. The van der Waals surface area contributed by atoms with Crippen LogP contribution < -0.4 is 0 Å². The zero-order valence-electron chi connectivity index (χ0n) is 53.2. The highest BCUT2D eigenvalue weighted by atomic mass is 16.4. The fraction of sp³-hybridized carbons (Fsp3) is 0.304. The van der Waals surface area contributed by atoms with Gasteiger partial charge in [-0.25, -0.2) is 14.8 Å². The molecule has 0 atom stereocenters. The Labute approximate surface area is 505 Å². The molecule has 3 aromatic heterocycles. The first-order chi connectivity index (χ1) is 39.7. The fourth-order valence-corrected chi connectivity index (χ4v) is 10.8. The van der Waals surface area contributed by atoms with E-state index in [2.05, 4.69) is 261 Å². The van der Waals surface area contributed by atoms with Crippen LogP contribution in [0.3, 0.4) is 0 Å². The summed E-state index contributed by atoms with van der Waals surface area (Å²) in [4.78, 5) is 30.9. The van der Waals surface area contributed by atoms with E-state index in [9.17, 15) is 9.90 Å². The number of aromatic amines is 2. The van der Waals surface area contributed by atoms with Gasteiger partial charge in [0.15, 0.2) is 0 Å². The molecule has 5 aromatic carbocycles. The van der Waals surface area contributed by atoms with Crippen LogP contribution in [0.5, 0.6) is 0 Å². The van der Waals surface area contributed by atoms with Crippen LogP contribution in [0, 0.1) is 23.7 Å². The zero-order valence-corrected chi connectivity index (χ0v) is 53.2. The summed E-state index contributed by atoms with van der Waals surface area (Å²) in [6.07, 6.45) is 8.68. The molecule has 0 saturated heterocycles. The Morgan fingerprint density at radius 1 is 0.341 bits per heavy atom. The number of hydrogen-bond acceptors (Lipinski definition) is 3. The third-order valence-corrected chi connectivity index (χ3v) is 16.3. The molecule has 85 heavy (non-hydrogen) atoms. The monoisotopic (exact) mass is 1120 g/mol. The Hall–Kier alpha value is -8.71. The van der Waals surface area contributed by atoms with Gasteiger partial charge in [-0.15, -0.1) is 0 Å². The van der Waals surface area contributed by atoms with Gasteiger partial charge in [0, 0.05) is 49.9 Å². The van der Waals surface area contributed by atoms with Crippen molar-refractivity contribution in [2.75, 3.05) is 0 Å². The highest BCUT2D eigenvalue weighted by Crippen LogP contribution is 2.43. The van der Waals surface area contributed by atoms with E-state index >= 15 is 0 Å². The second-order valence-electron chi connectivity index (χ2n) is 29.4. The molecule has 0 saturated carbocycles. The number of nitrogens with one attached hydrogen (secondary N) is 2. The van der Waals surface area contributed by atoms with E-state index in [4.69, 9.17) is 9.97 Å². The smallest absolute Gasteiger partial charge is 0.335 e. The Balaban J connectivity index is 1.33. The van der Waals surface area contributed by atoms with Crippen molar-refractivity contribution in [2.45, 2.75) is 157 Å². The molecule has 2 aliphatic rings. The lowest BCUT2D eigenvalue weighted by molar-refractivity contribution is 0.0696. The highest BCUT2D eigenvalue weighted by molar-refractivity contribution is 5.99. The topological polar surface area (TPSA) is 94.7 Å². The average Bonchev–Trinajstić information content (AvgIpc) is 2.98. The molecule has 430 valence electrons. The van der Waals surface area contributed by atoms with Crippen molar-refractivity contribution >= 4 is 52.3 Å². The molecule has 8 aromatic rings. The summed E-state index contributed by atoms with van der Waals surface area (Å²) in [5.41, 5.74) is 23.3. The Morgan fingerprint density at radius 3 is 0.906 bits per heavy atom. The molecule has 6 heteroatoms. The van der Waals surface area contributed by atoms with Gasteiger partial charge in [-0.05, 0) is 180 Å². The molecule has 0 amide bonds. The summed E-state index contributed by atoms with van der Waals surface area (Å²) in [5.74, 6) is 12.6. The second-order valence-corrected chi connectivity index (χ2v) is 29.4. The van der Waals surface area contributed by atoms with E-state index in [0.717, 1.165) is 100 Å². The van der Waals surface area contributed by atoms with Crippen molar-refractivity contribution in [3.8, 4) is 57.1 Å². The van der Waals surface area contributed by atoms with Gasteiger partial charge in [0.2, 0.25) is 0 Å². The minimum Gasteiger partial charge on any atom is -0.478 e. The molecular weight excluding hydrogens is 1040 g/mol. The zero-order chi connectivity index (χ0) is 61.3. The number of H-pyrrole nitrogens is 2. The van der Waals surface area contributed by atoms with E-state index in [1.807, 2.05) is 24.3 Å². The summed E-state index contributed by atoms with van der Waals surface area (Å²) >= 11 is 0. The number of hydrogen-bond donors (Lipinski definition) is 3. The van der Waals surface area contributed by atoms with Gasteiger partial charge >= 0.3 is 5.97 Å². The van der Waals surface area contributed by atoms with Crippen LogP contribution in [0.2, 0.25) is 0 Å². The quantitative estimate of drug-likeness (QED) is 0.153. The van der Waals surface area contributed by atoms with E-state index in [-0.39, 0.29) is 38.1 Å². The third-order valence-electron chi connectivity index (χ3n) is 16.3. The van der Waals surface area contributed by atoms with E-state index in [0.29, 0.717) is 0 Å². The maximum Gasteiger partial charge on any atom is 0.335 e. The minimum atomic E-state index is -0.965. The molecule has 0 fully saturated rings. The number of aromatic nitrogens is 4. The maximum absolute atomic E-state index is 11.4. The number of carboxylic acid groups (broad SMARTS) is 1. The van der Waals surface area contributed by atoms with Crippen molar-refractivity contribution in [2.24, 2.45) is 0 Å². The molecule has 0 unspecified atom stereocenters. The summed E-state index contributed by atoms with van der Waals surface area (Å²) < 4.78 is 0. The molecule has 0 aliphatic carbocycles. The van der Waals surface area contributed by atoms with E-state index < -0.39 is 5.97 Å². The lowest BCUT2D eigenvalue weighted by atomic mass is 9.78. The van der Waals surface area contributed by atoms with Crippen LogP contribution in [-0.2, 0) is 32.5 Å². The number of rotatable bonds is 4. The molecule has 6 nitrogen and oxygen atoms in total. The molecule has 8 bridgehead atoms. The molecule has 0 radical (unpaired) electrons. The van der Waals surface area contributed by atoms with Gasteiger partial charge in [0.05, 0.1) is 39.4 Å². The van der Waals surface area contributed by atoms with Crippen LogP contribution in [-0.4, -0.2) is 31.0 Å². The largest absolute Gasteiger partial charge is 0.478 e. The summed E-state index contributed by atoms with van der Waals surface area (Å²) in [6.45, 7) is 41.3. The molecule has 2 aliphatic heterocycles. The van der Waals surface area contributed by atoms with Crippen molar-refractivity contribution in [3.05, 3.63) is 211 Å². The molecule has 5 heterocycles. The normalized spacial score (nSPS) is 12.9. The van der Waals surface area contributed by atoms with Crippen LogP contribution in [0.1, 0.15) is 213 Å². The van der Waals surface area contributed by atoms with Gasteiger partial charge in [-0.3, -0.25) is 0 Å². The summed E-state index contributed by atoms with van der Waals surface area (Å²) in [7, 11) is 0. The standard InChI is InChI=1S/C79H82N4O2/c1-74(2,3)55-39-52(40-56(45-55)75(4,5)6)70-64-33-31-62(80-64)61(30-27-49-22-19-48(20-23-49)21-24-50-25-28-51(29-26-50)73(84)85)63-32-34-65(81-63)71(53-41-57(76(7,8)9)46-58(42-53)77(10,11)12)67-36-38-69(83-67)72(68-37-35-66(70)82-68)54-43-59(78(13,14)15)47-60(44-54)79(16,17)18/h19-20,22-23,25-26,28-29,31-47,80,83H,1-18H3,(H,84,85). The van der Waals surface area contributed by atoms with Gasteiger partial charge < -0.3 is 15.1 Å². The van der Waals surface area contributed by atoms with Gasteiger partial charge in [0.1, 0.15) is 0 Å². The summed E-state index contributed by atoms with van der Waals surface area (Å²) in [6, 6.07) is 44.6. The predicted molar refractivity (Wildman–Crippen MR) is 359 cm³/mol. The average molecular weight is 1120 g/mol. The molecule has 0 spiro atoms. The highest BCUT2D eigenvalue weighted by Gasteiger charge is 2.28. The Morgan fingerprint density at radius 2 is 0.600 bits per heavy atom. The summed E-state index contributed by atoms with van der Waals surface area (Å²) in [5, 5.41) is 9.37. The van der Waals surface area contributed by atoms with Crippen LogP contribution in [0.15, 0.2) is 127 Å². The third kappa shape index (κ3) is 12.9. The number of benzene rings is 5. The van der Waals surface area contributed by atoms with Crippen molar-refractivity contribution in [1.29, 1.82) is 0 Å². The van der Waals surface area contributed by atoms with E-state index in [1.54, 1.807) is 24.3 Å².